The van der Waals surface area contributed by atoms with Crippen LogP contribution in [-0.4, -0.2) is 19.6 Å². The predicted octanol–water partition coefficient (Wildman–Crippen LogP) is 6.68. The van der Waals surface area contributed by atoms with Crippen LogP contribution in [0.5, 0.6) is 0 Å². The van der Waals surface area contributed by atoms with Gasteiger partial charge in [0.15, 0.2) is 0 Å². The van der Waals surface area contributed by atoms with E-state index in [1.807, 2.05) is 12.1 Å². The highest BCUT2D eigenvalue weighted by Crippen LogP contribution is 2.31. The fourth-order valence-corrected chi connectivity index (χ4v) is 4.57. The van der Waals surface area contributed by atoms with Crippen molar-refractivity contribution < 1.29 is 0 Å². The Labute approximate surface area is 185 Å². The molecule has 0 bridgehead atoms. The van der Waals surface area contributed by atoms with Gasteiger partial charge in [-0.2, -0.15) is 0 Å². The molecule has 0 amide bonds. The van der Waals surface area contributed by atoms with E-state index in [9.17, 15) is 0 Å². The Kier molecular flexibility index (Phi) is 6.76. The molecule has 3 aromatic carbocycles. The van der Waals surface area contributed by atoms with Crippen molar-refractivity contribution in [2.24, 2.45) is 11.8 Å². The molecule has 3 heteroatoms. The smallest absolute Gasteiger partial charge is 0.0411 e. The summed E-state index contributed by atoms with van der Waals surface area (Å²) in [5, 5.41) is 4.42. The van der Waals surface area contributed by atoms with Crippen molar-refractivity contribution in [2.45, 2.75) is 26.2 Å². The largest absolute Gasteiger partial charge is 0.341 e. The minimum absolute atomic E-state index is 0.570. The SMILES string of the molecule is CC(C)c1cccc(CC2CNC[C@@H]2CN(c2ccccc2)c2ccc(Cl)cc2)c1. The first-order chi connectivity index (χ1) is 14.6. The third kappa shape index (κ3) is 5.06. The molecule has 4 rings (SSSR count). The van der Waals surface area contributed by atoms with Gasteiger partial charge in [-0.25, -0.2) is 0 Å². The molecule has 3 aromatic rings. The Morgan fingerprint density at radius 1 is 0.867 bits per heavy atom. The van der Waals surface area contributed by atoms with Gasteiger partial charge < -0.3 is 10.2 Å². The molecule has 1 heterocycles. The number of para-hydroxylation sites is 1. The van der Waals surface area contributed by atoms with E-state index in [2.05, 4.69) is 90.8 Å². The summed E-state index contributed by atoms with van der Waals surface area (Å²) in [7, 11) is 0. The molecule has 0 saturated carbocycles. The Morgan fingerprint density at radius 2 is 1.57 bits per heavy atom. The third-order valence-electron chi connectivity index (χ3n) is 6.22. The summed E-state index contributed by atoms with van der Waals surface area (Å²) in [5.41, 5.74) is 5.31. The van der Waals surface area contributed by atoms with Gasteiger partial charge in [-0.3, -0.25) is 0 Å². The molecular formula is C27H31ClN2. The molecule has 1 fully saturated rings. The topological polar surface area (TPSA) is 15.3 Å². The van der Waals surface area contributed by atoms with Crippen molar-refractivity contribution in [2.75, 3.05) is 24.5 Å². The van der Waals surface area contributed by atoms with Gasteiger partial charge in [0.25, 0.3) is 0 Å². The van der Waals surface area contributed by atoms with Crippen LogP contribution in [0.2, 0.25) is 5.02 Å². The predicted molar refractivity (Wildman–Crippen MR) is 129 cm³/mol. The zero-order chi connectivity index (χ0) is 20.9. The summed E-state index contributed by atoms with van der Waals surface area (Å²) < 4.78 is 0. The lowest BCUT2D eigenvalue weighted by Gasteiger charge is -2.30. The first-order valence-corrected chi connectivity index (χ1v) is 11.4. The molecule has 1 N–H and O–H groups in total. The second kappa shape index (κ2) is 9.68. The molecule has 1 saturated heterocycles. The van der Waals surface area contributed by atoms with Gasteiger partial charge in [-0.1, -0.05) is 67.9 Å². The lowest BCUT2D eigenvalue weighted by atomic mass is 9.88. The number of nitrogens with zero attached hydrogens (tertiary/aromatic N) is 1. The molecule has 2 atom stereocenters. The number of rotatable bonds is 7. The Balaban J connectivity index is 1.54. The zero-order valence-electron chi connectivity index (χ0n) is 17.9. The summed E-state index contributed by atoms with van der Waals surface area (Å²) in [6, 6.07) is 28.0. The first kappa shape index (κ1) is 21.0. The minimum atomic E-state index is 0.570. The van der Waals surface area contributed by atoms with E-state index in [4.69, 9.17) is 11.6 Å². The number of nitrogens with one attached hydrogen (secondary N) is 1. The number of hydrogen-bond acceptors (Lipinski definition) is 2. The van der Waals surface area contributed by atoms with Crippen molar-refractivity contribution >= 4 is 23.0 Å². The van der Waals surface area contributed by atoms with Gasteiger partial charge in [0.2, 0.25) is 0 Å². The second-order valence-corrected chi connectivity index (χ2v) is 9.14. The van der Waals surface area contributed by atoms with Crippen LogP contribution >= 0.6 is 11.6 Å². The fraction of sp³-hybridized carbons (Fsp3) is 0.333. The summed E-state index contributed by atoms with van der Waals surface area (Å²) in [6.07, 6.45) is 1.13. The van der Waals surface area contributed by atoms with Crippen LogP contribution in [0.3, 0.4) is 0 Å². The molecule has 1 aliphatic heterocycles. The fourth-order valence-electron chi connectivity index (χ4n) is 4.45. The molecule has 156 valence electrons. The highest BCUT2D eigenvalue weighted by Gasteiger charge is 2.29. The third-order valence-corrected chi connectivity index (χ3v) is 6.47. The van der Waals surface area contributed by atoms with Gasteiger partial charge in [-0.05, 0) is 84.8 Å². The van der Waals surface area contributed by atoms with E-state index in [0.717, 1.165) is 31.1 Å². The maximum atomic E-state index is 6.15. The highest BCUT2D eigenvalue weighted by atomic mass is 35.5. The van der Waals surface area contributed by atoms with Crippen molar-refractivity contribution in [3.63, 3.8) is 0 Å². The minimum Gasteiger partial charge on any atom is -0.341 e. The maximum absolute atomic E-state index is 6.15. The first-order valence-electron chi connectivity index (χ1n) is 11.0. The Bertz CT molecular complexity index is 937. The van der Waals surface area contributed by atoms with Crippen LogP contribution in [0.4, 0.5) is 11.4 Å². The van der Waals surface area contributed by atoms with E-state index in [-0.39, 0.29) is 0 Å². The van der Waals surface area contributed by atoms with Crippen molar-refractivity contribution in [1.82, 2.24) is 5.32 Å². The molecular weight excluding hydrogens is 388 g/mol. The standard InChI is InChI=1S/C27H31ClN2/c1-20(2)22-8-6-7-21(15-22)16-23-17-29-18-24(23)19-30(26-9-4-3-5-10-26)27-13-11-25(28)12-14-27/h3-15,20,23-24,29H,16-19H2,1-2H3/t23?,24-/m1/s1. The molecule has 1 aliphatic rings. The monoisotopic (exact) mass is 418 g/mol. The van der Waals surface area contributed by atoms with Crippen LogP contribution in [-0.2, 0) is 6.42 Å². The normalized spacial score (nSPS) is 18.7. The summed E-state index contributed by atoms with van der Waals surface area (Å²) in [4.78, 5) is 2.44. The van der Waals surface area contributed by atoms with E-state index in [1.54, 1.807) is 0 Å². The molecule has 0 spiro atoms. The summed E-state index contributed by atoms with van der Waals surface area (Å²) in [6.45, 7) is 7.67. The summed E-state index contributed by atoms with van der Waals surface area (Å²) >= 11 is 6.15. The van der Waals surface area contributed by atoms with Gasteiger partial charge in [0.05, 0.1) is 0 Å². The average Bonchev–Trinajstić information content (AvgIpc) is 3.20. The van der Waals surface area contributed by atoms with Crippen molar-refractivity contribution in [3.8, 4) is 0 Å². The Morgan fingerprint density at radius 3 is 2.30 bits per heavy atom. The van der Waals surface area contributed by atoms with Crippen LogP contribution in [0.25, 0.3) is 0 Å². The molecule has 2 nitrogen and oxygen atoms in total. The lowest BCUT2D eigenvalue weighted by molar-refractivity contribution is 0.423. The van der Waals surface area contributed by atoms with E-state index in [1.165, 1.54) is 22.5 Å². The molecule has 30 heavy (non-hydrogen) atoms. The van der Waals surface area contributed by atoms with Gasteiger partial charge in [-0.15, -0.1) is 0 Å². The van der Waals surface area contributed by atoms with Crippen molar-refractivity contribution in [1.29, 1.82) is 0 Å². The van der Waals surface area contributed by atoms with Crippen LogP contribution in [0, 0.1) is 11.8 Å². The quantitative estimate of drug-likeness (QED) is 0.460. The molecule has 1 unspecified atom stereocenters. The van der Waals surface area contributed by atoms with E-state index < -0.39 is 0 Å². The van der Waals surface area contributed by atoms with Gasteiger partial charge >= 0.3 is 0 Å². The zero-order valence-corrected chi connectivity index (χ0v) is 18.6. The van der Waals surface area contributed by atoms with E-state index >= 15 is 0 Å². The maximum Gasteiger partial charge on any atom is 0.0411 e. The lowest BCUT2D eigenvalue weighted by Crippen LogP contribution is -2.30. The molecule has 0 aromatic heterocycles. The number of halogens is 1. The number of benzene rings is 3. The average molecular weight is 419 g/mol. The van der Waals surface area contributed by atoms with Crippen LogP contribution in [0.15, 0.2) is 78.9 Å². The van der Waals surface area contributed by atoms with Crippen LogP contribution < -0.4 is 10.2 Å². The second-order valence-electron chi connectivity index (χ2n) is 8.70. The van der Waals surface area contributed by atoms with Gasteiger partial charge in [0.1, 0.15) is 0 Å². The Hall–Kier alpha value is -2.29. The van der Waals surface area contributed by atoms with E-state index in [0.29, 0.717) is 17.8 Å². The molecule has 0 radical (unpaired) electrons. The number of anilines is 2. The highest BCUT2D eigenvalue weighted by molar-refractivity contribution is 6.30. The van der Waals surface area contributed by atoms with Gasteiger partial charge in [0, 0.05) is 22.9 Å². The van der Waals surface area contributed by atoms with Crippen molar-refractivity contribution in [3.05, 3.63) is 95.0 Å². The molecule has 0 aliphatic carbocycles. The summed E-state index contributed by atoms with van der Waals surface area (Å²) in [5.74, 6) is 1.79. The van der Waals surface area contributed by atoms with Crippen LogP contribution in [0.1, 0.15) is 30.9 Å². The number of hydrogen-bond donors (Lipinski definition) is 1.